The summed E-state index contributed by atoms with van der Waals surface area (Å²) in [6.07, 6.45) is 0. The van der Waals surface area contributed by atoms with E-state index in [1.807, 2.05) is 36.2 Å². The predicted molar refractivity (Wildman–Crippen MR) is 125 cm³/mol. The van der Waals surface area contributed by atoms with E-state index in [1.54, 1.807) is 31.4 Å². The summed E-state index contributed by atoms with van der Waals surface area (Å²) in [4.78, 5) is 17.8. The van der Waals surface area contributed by atoms with Crippen LogP contribution in [0.5, 0.6) is 11.5 Å². The normalized spacial score (nSPS) is 22.3. The minimum Gasteiger partial charge on any atom is -0.497 e. The molecule has 2 heterocycles. The molecular formula is C24H31N3O5S. The van der Waals surface area contributed by atoms with Crippen LogP contribution >= 0.6 is 0 Å². The number of benzene rings is 2. The Hall–Kier alpha value is -2.62. The third kappa shape index (κ3) is 4.85. The molecule has 0 aromatic heterocycles. The first-order valence-electron chi connectivity index (χ1n) is 11.1. The molecule has 0 bridgehead atoms. The fraction of sp³-hybridized carbons (Fsp3) is 0.458. The maximum absolute atomic E-state index is 13.6. The van der Waals surface area contributed by atoms with Gasteiger partial charge < -0.3 is 19.3 Å². The van der Waals surface area contributed by atoms with Gasteiger partial charge in [-0.25, -0.2) is 8.42 Å². The first kappa shape index (κ1) is 23.5. The zero-order chi connectivity index (χ0) is 23.6. The third-order valence-corrected chi connectivity index (χ3v) is 8.48. The van der Waals surface area contributed by atoms with E-state index < -0.39 is 15.9 Å². The predicted octanol–water partition coefficient (Wildman–Crippen LogP) is 1.88. The Morgan fingerprint density at radius 3 is 2.21 bits per heavy atom. The second-order valence-corrected chi connectivity index (χ2v) is 10.6. The van der Waals surface area contributed by atoms with Gasteiger partial charge in [0.05, 0.1) is 25.0 Å². The van der Waals surface area contributed by atoms with Crippen LogP contribution < -0.4 is 9.47 Å². The van der Waals surface area contributed by atoms with Gasteiger partial charge >= 0.3 is 0 Å². The lowest BCUT2D eigenvalue weighted by Gasteiger charge is -2.35. The Kier molecular flexibility index (Phi) is 6.92. The van der Waals surface area contributed by atoms with Gasteiger partial charge in [-0.15, -0.1) is 0 Å². The largest absolute Gasteiger partial charge is 0.497 e. The van der Waals surface area contributed by atoms with Crippen LogP contribution in [0.25, 0.3) is 0 Å². The number of carbonyl (C=O) groups excluding carboxylic acids is 1. The smallest absolute Gasteiger partial charge is 0.243 e. The summed E-state index contributed by atoms with van der Waals surface area (Å²) in [5, 5.41) is 0. The molecule has 33 heavy (non-hydrogen) atoms. The monoisotopic (exact) mass is 473 g/mol. The molecule has 2 atom stereocenters. The van der Waals surface area contributed by atoms with Crippen molar-refractivity contribution in [3.63, 3.8) is 0 Å². The minimum absolute atomic E-state index is 0.0170. The Labute approximate surface area is 195 Å². The maximum Gasteiger partial charge on any atom is 0.243 e. The number of amides is 1. The Morgan fingerprint density at radius 2 is 1.58 bits per heavy atom. The summed E-state index contributed by atoms with van der Waals surface area (Å²) in [7, 11) is 1.42. The molecule has 2 saturated heterocycles. The van der Waals surface area contributed by atoms with Gasteiger partial charge in [0.1, 0.15) is 11.5 Å². The number of methoxy groups -OCH3 is 2. The van der Waals surface area contributed by atoms with Crippen LogP contribution in [0.3, 0.4) is 0 Å². The van der Waals surface area contributed by atoms with E-state index in [-0.39, 0.29) is 29.8 Å². The lowest BCUT2D eigenvalue weighted by Crippen LogP contribution is -2.50. The lowest BCUT2D eigenvalue weighted by atomic mass is 9.87. The molecule has 178 valence electrons. The van der Waals surface area contributed by atoms with Gasteiger partial charge in [0.25, 0.3) is 0 Å². The molecule has 2 aliphatic rings. The van der Waals surface area contributed by atoms with Gasteiger partial charge in [0.15, 0.2) is 0 Å². The number of hydrogen-bond acceptors (Lipinski definition) is 6. The van der Waals surface area contributed by atoms with E-state index in [1.165, 1.54) is 11.4 Å². The van der Waals surface area contributed by atoms with Crippen LogP contribution in [0.15, 0.2) is 53.4 Å². The van der Waals surface area contributed by atoms with Crippen LogP contribution in [0.4, 0.5) is 0 Å². The van der Waals surface area contributed by atoms with Crippen LogP contribution in [-0.4, -0.2) is 89.0 Å². The molecule has 2 aliphatic heterocycles. The van der Waals surface area contributed by atoms with Gasteiger partial charge in [0.2, 0.25) is 15.9 Å². The fourth-order valence-electron chi connectivity index (χ4n) is 4.58. The highest BCUT2D eigenvalue weighted by atomic mass is 32.2. The van der Waals surface area contributed by atoms with Crippen molar-refractivity contribution in [2.75, 3.05) is 60.5 Å². The van der Waals surface area contributed by atoms with Gasteiger partial charge in [-0.2, -0.15) is 4.31 Å². The summed E-state index contributed by atoms with van der Waals surface area (Å²) in [5.41, 5.74) is 0.911. The summed E-state index contributed by atoms with van der Waals surface area (Å²) >= 11 is 0. The van der Waals surface area contributed by atoms with Gasteiger partial charge in [-0.1, -0.05) is 12.1 Å². The molecule has 1 amide bonds. The number of nitrogens with zero attached hydrogens (tertiary/aromatic N) is 3. The molecule has 4 rings (SSSR count). The molecule has 0 N–H and O–H groups in total. The average Bonchev–Trinajstić information content (AvgIpc) is 3.30. The van der Waals surface area contributed by atoms with Crippen molar-refractivity contribution in [2.45, 2.75) is 10.8 Å². The summed E-state index contributed by atoms with van der Waals surface area (Å²) in [6, 6.07) is 13.9. The molecule has 2 unspecified atom stereocenters. The number of piperazine rings is 1. The SMILES string of the molecule is COc1ccc(S(=O)(=O)N2CC(C(=O)N3CCN(C)CC3)C(c3cccc(OC)c3)C2)cc1. The summed E-state index contributed by atoms with van der Waals surface area (Å²) in [5.74, 6) is 0.597. The average molecular weight is 474 g/mol. The van der Waals surface area contributed by atoms with Crippen molar-refractivity contribution in [2.24, 2.45) is 5.92 Å². The Bertz CT molecular complexity index is 1080. The molecular weight excluding hydrogens is 442 g/mol. The number of likely N-dealkylation sites (N-methyl/N-ethyl adjacent to an activating group) is 1. The molecule has 2 aromatic rings. The van der Waals surface area contributed by atoms with Gasteiger partial charge in [0, 0.05) is 45.2 Å². The topological polar surface area (TPSA) is 79.4 Å². The van der Waals surface area contributed by atoms with E-state index >= 15 is 0 Å². The minimum atomic E-state index is -3.76. The summed E-state index contributed by atoms with van der Waals surface area (Å²) < 4.78 is 38.9. The van der Waals surface area contributed by atoms with Gasteiger partial charge in [-0.05, 0) is 49.0 Å². The number of sulfonamides is 1. The van der Waals surface area contributed by atoms with Crippen LogP contribution in [-0.2, 0) is 14.8 Å². The quantitative estimate of drug-likeness (QED) is 0.638. The number of rotatable bonds is 6. The van der Waals surface area contributed by atoms with Crippen molar-refractivity contribution in [3.05, 3.63) is 54.1 Å². The number of carbonyl (C=O) groups is 1. The molecule has 9 heteroatoms. The van der Waals surface area contributed by atoms with Crippen molar-refractivity contribution in [1.82, 2.24) is 14.1 Å². The van der Waals surface area contributed by atoms with Crippen LogP contribution in [0.1, 0.15) is 11.5 Å². The Morgan fingerprint density at radius 1 is 0.909 bits per heavy atom. The zero-order valence-electron chi connectivity index (χ0n) is 19.3. The van der Waals surface area contributed by atoms with Gasteiger partial charge in [-0.3, -0.25) is 4.79 Å². The first-order valence-corrected chi connectivity index (χ1v) is 12.5. The van der Waals surface area contributed by atoms with E-state index in [0.717, 1.165) is 18.7 Å². The lowest BCUT2D eigenvalue weighted by molar-refractivity contribution is -0.137. The van der Waals surface area contributed by atoms with Crippen molar-refractivity contribution >= 4 is 15.9 Å². The molecule has 8 nitrogen and oxygen atoms in total. The number of hydrogen-bond donors (Lipinski definition) is 0. The highest BCUT2D eigenvalue weighted by molar-refractivity contribution is 7.89. The fourth-order valence-corrected chi connectivity index (χ4v) is 6.07. The van der Waals surface area contributed by atoms with Crippen LogP contribution in [0, 0.1) is 5.92 Å². The van der Waals surface area contributed by atoms with Crippen LogP contribution in [0.2, 0.25) is 0 Å². The molecule has 0 aliphatic carbocycles. The van der Waals surface area contributed by atoms with Crippen molar-refractivity contribution < 1.29 is 22.7 Å². The van der Waals surface area contributed by atoms with E-state index in [2.05, 4.69) is 4.90 Å². The molecule has 0 saturated carbocycles. The zero-order valence-corrected chi connectivity index (χ0v) is 20.1. The van der Waals surface area contributed by atoms with Crippen molar-refractivity contribution in [1.29, 1.82) is 0 Å². The van der Waals surface area contributed by atoms with E-state index in [9.17, 15) is 13.2 Å². The number of ether oxygens (including phenoxy) is 2. The van der Waals surface area contributed by atoms with E-state index in [4.69, 9.17) is 9.47 Å². The highest BCUT2D eigenvalue weighted by Gasteiger charge is 2.45. The Balaban J connectivity index is 1.64. The molecule has 0 spiro atoms. The maximum atomic E-state index is 13.6. The first-order chi connectivity index (χ1) is 15.8. The summed E-state index contributed by atoms with van der Waals surface area (Å²) in [6.45, 7) is 3.34. The third-order valence-electron chi connectivity index (χ3n) is 6.64. The second-order valence-electron chi connectivity index (χ2n) is 8.62. The molecule has 2 fully saturated rings. The molecule has 2 aromatic carbocycles. The van der Waals surface area contributed by atoms with E-state index in [0.29, 0.717) is 24.6 Å². The second kappa shape index (κ2) is 9.70. The highest BCUT2D eigenvalue weighted by Crippen LogP contribution is 2.38. The standard InChI is InChI=1S/C24H31N3O5S/c1-25-11-13-26(14-12-25)24(28)23-17-27(16-22(23)18-5-4-6-20(15-18)32-3)33(29,30)21-9-7-19(31-2)8-10-21/h4-10,15,22-23H,11-14,16-17H2,1-3H3. The molecule has 0 radical (unpaired) electrons. The van der Waals surface area contributed by atoms with Crippen molar-refractivity contribution in [3.8, 4) is 11.5 Å².